The van der Waals surface area contributed by atoms with Crippen LogP contribution in [0.15, 0.2) is 46.9 Å². The Morgan fingerprint density at radius 3 is 2.67 bits per heavy atom. The van der Waals surface area contributed by atoms with Gasteiger partial charge in [0.05, 0.1) is 13.3 Å². The summed E-state index contributed by atoms with van der Waals surface area (Å²) in [4.78, 5) is 4.07. The van der Waals surface area contributed by atoms with Crippen molar-refractivity contribution in [1.82, 2.24) is 4.98 Å². The van der Waals surface area contributed by atoms with Crippen LogP contribution in [0.25, 0.3) is 0 Å². The third-order valence-corrected chi connectivity index (χ3v) is 4.99. The van der Waals surface area contributed by atoms with Crippen molar-refractivity contribution in [3.63, 3.8) is 0 Å². The summed E-state index contributed by atoms with van der Waals surface area (Å²) < 4.78 is 11.2. The Labute approximate surface area is 170 Å². The fourth-order valence-electron chi connectivity index (χ4n) is 2.21. The van der Waals surface area contributed by atoms with Crippen LogP contribution >= 0.6 is 34.5 Å². The Kier molecular flexibility index (Phi) is 6.39. The normalized spacial score (nSPS) is 10.9. The predicted molar refractivity (Wildman–Crippen MR) is 112 cm³/mol. The van der Waals surface area contributed by atoms with Crippen molar-refractivity contribution in [2.75, 3.05) is 18.3 Å². The van der Waals surface area contributed by atoms with Crippen LogP contribution in [-0.4, -0.2) is 18.3 Å². The Morgan fingerprint density at radius 1 is 1.22 bits per heavy atom. The number of anilines is 2. The van der Waals surface area contributed by atoms with Crippen LogP contribution < -0.4 is 20.6 Å². The quantitative estimate of drug-likeness (QED) is 0.410. The molecule has 0 aliphatic heterocycles. The van der Waals surface area contributed by atoms with Gasteiger partial charge in [-0.15, -0.1) is 11.3 Å². The zero-order valence-corrected chi connectivity index (χ0v) is 16.6. The highest BCUT2D eigenvalue weighted by molar-refractivity contribution is 7.14. The first-order chi connectivity index (χ1) is 13.1. The molecule has 0 bridgehead atoms. The van der Waals surface area contributed by atoms with Gasteiger partial charge in [-0.05, 0) is 35.9 Å². The number of hydrogen-bond donors (Lipinski definition) is 2. The molecule has 140 valence electrons. The highest BCUT2D eigenvalue weighted by atomic mass is 35.5. The van der Waals surface area contributed by atoms with Crippen molar-refractivity contribution in [1.29, 1.82) is 0 Å². The summed E-state index contributed by atoms with van der Waals surface area (Å²) in [6, 6.07) is 10.8. The molecule has 6 nitrogen and oxygen atoms in total. The smallest absolute Gasteiger partial charge is 0.205 e. The monoisotopic (exact) mass is 422 g/mol. The van der Waals surface area contributed by atoms with Crippen molar-refractivity contribution in [3.8, 4) is 11.5 Å². The molecule has 3 rings (SSSR count). The van der Waals surface area contributed by atoms with Crippen LogP contribution in [0.2, 0.25) is 10.0 Å². The molecule has 9 heteroatoms. The van der Waals surface area contributed by atoms with E-state index in [4.69, 9.17) is 38.4 Å². The molecular formula is C18H16Cl2N4O2S. The molecule has 3 aromatic rings. The van der Waals surface area contributed by atoms with Crippen LogP contribution in [0, 0.1) is 0 Å². The summed E-state index contributed by atoms with van der Waals surface area (Å²) in [7, 11) is 1.58. The lowest BCUT2D eigenvalue weighted by molar-refractivity contribution is 0.284. The predicted octanol–water partition coefficient (Wildman–Crippen LogP) is 5.07. The lowest BCUT2D eigenvalue weighted by atomic mass is 10.2. The van der Waals surface area contributed by atoms with Crippen molar-refractivity contribution >= 4 is 51.7 Å². The average Bonchev–Trinajstić information content (AvgIpc) is 3.07. The minimum atomic E-state index is 0.214. The number of ether oxygens (including phenoxy) is 2. The van der Waals surface area contributed by atoms with Gasteiger partial charge in [0, 0.05) is 21.0 Å². The Balaban J connectivity index is 1.73. The van der Waals surface area contributed by atoms with Gasteiger partial charge in [-0.25, -0.2) is 4.98 Å². The van der Waals surface area contributed by atoms with E-state index in [9.17, 15) is 0 Å². The van der Waals surface area contributed by atoms with E-state index in [2.05, 4.69) is 15.5 Å². The van der Waals surface area contributed by atoms with Gasteiger partial charge in [0.2, 0.25) is 5.13 Å². The molecule has 0 atom stereocenters. The molecule has 0 spiro atoms. The van der Waals surface area contributed by atoms with E-state index >= 15 is 0 Å². The van der Waals surface area contributed by atoms with Crippen molar-refractivity contribution in [3.05, 3.63) is 63.0 Å². The fourth-order valence-corrected chi connectivity index (χ4v) is 3.26. The van der Waals surface area contributed by atoms with Crippen molar-refractivity contribution in [2.45, 2.75) is 6.61 Å². The molecule has 0 aliphatic carbocycles. The molecule has 27 heavy (non-hydrogen) atoms. The number of nitrogen functional groups attached to an aromatic ring is 1. The van der Waals surface area contributed by atoms with Crippen LogP contribution in [0.1, 0.15) is 11.1 Å². The van der Waals surface area contributed by atoms with E-state index < -0.39 is 0 Å². The summed E-state index contributed by atoms with van der Waals surface area (Å²) in [6.07, 6.45) is 1.65. The number of thiazole rings is 1. The average molecular weight is 423 g/mol. The number of aromatic nitrogens is 1. The first kappa shape index (κ1) is 19.3. The maximum Gasteiger partial charge on any atom is 0.205 e. The first-order valence-corrected chi connectivity index (χ1v) is 9.44. The van der Waals surface area contributed by atoms with Crippen molar-refractivity contribution in [2.24, 2.45) is 5.10 Å². The highest BCUT2D eigenvalue weighted by Crippen LogP contribution is 2.31. The minimum Gasteiger partial charge on any atom is -0.493 e. The molecular weight excluding hydrogens is 407 g/mol. The number of hydrogen-bond acceptors (Lipinski definition) is 7. The molecule has 1 heterocycles. The maximum atomic E-state index is 6.19. The van der Waals surface area contributed by atoms with Crippen LogP contribution in [0.5, 0.6) is 11.5 Å². The van der Waals surface area contributed by atoms with E-state index in [1.54, 1.807) is 43.0 Å². The maximum absolute atomic E-state index is 6.19. The molecule has 0 saturated carbocycles. The minimum absolute atomic E-state index is 0.214. The van der Waals surface area contributed by atoms with Gasteiger partial charge in [0.1, 0.15) is 12.4 Å². The fraction of sp³-hybridized carbons (Fsp3) is 0.111. The molecule has 1 aromatic heterocycles. The second-order valence-electron chi connectivity index (χ2n) is 5.35. The first-order valence-electron chi connectivity index (χ1n) is 7.80. The Hall–Kier alpha value is -2.48. The molecule has 0 unspecified atom stereocenters. The Morgan fingerprint density at radius 2 is 2.00 bits per heavy atom. The lowest BCUT2D eigenvalue weighted by Gasteiger charge is -2.13. The topological polar surface area (TPSA) is 81.8 Å². The van der Waals surface area contributed by atoms with Gasteiger partial charge in [0.25, 0.3) is 0 Å². The SMILES string of the molecule is COc1ccc(C=NNc2nc(N)cs2)cc1OCc1c(Cl)cccc1Cl. The lowest BCUT2D eigenvalue weighted by Crippen LogP contribution is -2.00. The van der Waals surface area contributed by atoms with Gasteiger partial charge in [-0.1, -0.05) is 29.3 Å². The van der Waals surface area contributed by atoms with Gasteiger partial charge < -0.3 is 15.2 Å². The zero-order valence-electron chi connectivity index (χ0n) is 14.3. The van der Waals surface area contributed by atoms with E-state index in [-0.39, 0.29) is 6.61 Å². The van der Waals surface area contributed by atoms with Crippen molar-refractivity contribution < 1.29 is 9.47 Å². The summed E-state index contributed by atoms with van der Waals surface area (Å²) in [5.41, 5.74) is 9.92. The number of methoxy groups -OCH3 is 1. The molecule has 0 amide bonds. The number of nitrogens with zero attached hydrogens (tertiary/aromatic N) is 2. The van der Waals surface area contributed by atoms with E-state index in [1.165, 1.54) is 11.3 Å². The molecule has 0 saturated heterocycles. The van der Waals surface area contributed by atoms with E-state index in [0.717, 1.165) is 5.56 Å². The standard InChI is InChI=1S/C18H16Cl2N4O2S/c1-25-15-6-5-11(8-22-24-18-23-17(21)10-27-18)7-16(15)26-9-12-13(19)3-2-4-14(12)20/h2-8,10H,9,21H2,1H3,(H,23,24). The number of hydrazone groups is 1. The van der Waals surface area contributed by atoms with Gasteiger partial charge in [-0.3, -0.25) is 5.43 Å². The highest BCUT2D eigenvalue weighted by Gasteiger charge is 2.10. The Bertz CT molecular complexity index is 942. The molecule has 0 aliphatic rings. The van der Waals surface area contributed by atoms with Gasteiger partial charge >= 0.3 is 0 Å². The summed E-state index contributed by atoms with van der Waals surface area (Å²) in [5, 5.41) is 7.59. The number of nitrogens with two attached hydrogens (primary N) is 1. The number of benzene rings is 2. The van der Waals surface area contributed by atoms with Crippen LogP contribution in [0.4, 0.5) is 10.9 Å². The zero-order chi connectivity index (χ0) is 19.2. The second-order valence-corrected chi connectivity index (χ2v) is 7.02. The molecule has 0 fully saturated rings. The molecule has 2 aromatic carbocycles. The summed E-state index contributed by atoms with van der Waals surface area (Å²) in [5.74, 6) is 1.60. The molecule has 3 N–H and O–H groups in total. The van der Waals surface area contributed by atoms with E-state index in [1.807, 2.05) is 12.1 Å². The van der Waals surface area contributed by atoms with Gasteiger partial charge in [-0.2, -0.15) is 5.10 Å². The van der Waals surface area contributed by atoms with Crippen LogP contribution in [0.3, 0.4) is 0 Å². The number of halogens is 2. The molecule has 0 radical (unpaired) electrons. The summed E-state index contributed by atoms with van der Waals surface area (Å²) >= 11 is 13.8. The third kappa shape index (κ3) is 5.03. The second kappa shape index (κ2) is 8.94. The van der Waals surface area contributed by atoms with Gasteiger partial charge in [0.15, 0.2) is 11.5 Å². The number of nitrogens with one attached hydrogen (secondary N) is 1. The summed E-state index contributed by atoms with van der Waals surface area (Å²) in [6.45, 7) is 0.214. The number of rotatable bonds is 7. The van der Waals surface area contributed by atoms with Crippen LogP contribution in [-0.2, 0) is 6.61 Å². The third-order valence-electron chi connectivity index (χ3n) is 3.52. The largest absolute Gasteiger partial charge is 0.493 e. The van der Waals surface area contributed by atoms with E-state index in [0.29, 0.717) is 38.1 Å².